The molecule has 2 heteroatoms. The lowest BCUT2D eigenvalue weighted by molar-refractivity contribution is -0.112. The van der Waals surface area contributed by atoms with E-state index in [1.54, 1.807) is 13.0 Å². The van der Waals surface area contributed by atoms with Gasteiger partial charge in [-0.2, -0.15) is 0 Å². The Kier molecular flexibility index (Phi) is 2.83. The summed E-state index contributed by atoms with van der Waals surface area (Å²) in [6, 6.07) is 0.499. The van der Waals surface area contributed by atoms with Crippen LogP contribution in [-0.4, -0.2) is 30.3 Å². The fourth-order valence-corrected chi connectivity index (χ4v) is 1.43. The molecule has 0 saturated carbocycles. The van der Waals surface area contributed by atoms with Crippen molar-refractivity contribution in [2.45, 2.75) is 25.8 Å². The Bertz CT molecular complexity index is 174. The second-order valence-electron chi connectivity index (χ2n) is 3.16. The summed E-state index contributed by atoms with van der Waals surface area (Å²) in [4.78, 5) is 12.9. The quantitative estimate of drug-likeness (QED) is 0.556. The molecule has 1 fully saturated rings. The fourth-order valence-electron chi connectivity index (χ4n) is 1.43. The van der Waals surface area contributed by atoms with Crippen LogP contribution in [0, 0.1) is 0 Å². The smallest absolute Gasteiger partial charge is 0.152 e. The van der Waals surface area contributed by atoms with E-state index in [-0.39, 0.29) is 5.78 Å². The van der Waals surface area contributed by atoms with Crippen molar-refractivity contribution in [3.63, 3.8) is 0 Å². The Hall–Kier alpha value is -0.630. The Balaban J connectivity index is 2.42. The largest absolute Gasteiger partial charge is 0.300 e. The van der Waals surface area contributed by atoms with E-state index in [4.69, 9.17) is 0 Å². The zero-order valence-electron chi connectivity index (χ0n) is 7.21. The van der Waals surface area contributed by atoms with Gasteiger partial charge < -0.3 is 0 Å². The highest BCUT2D eigenvalue weighted by Crippen LogP contribution is 2.15. The standard InChI is InChI=1S/C9H15NO/c1-8(11)5-6-9-4-3-7-10(9)2/h5-6,9H,3-4,7H2,1-2H3/b6-5+/t9-/m1/s1. The number of carbonyl (C=O) groups excluding carboxylic acids is 1. The monoisotopic (exact) mass is 153 g/mol. The number of ketones is 1. The molecule has 62 valence electrons. The maximum absolute atomic E-state index is 10.6. The normalized spacial score (nSPS) is 26.5. The van der Waals surface area contributed by atoms with E-state index in [9.17, 15) is 4.79 Å². The summed E-state index contributed by atoms with van der Waals surface area (Å²) in [5.74, 6) is 0.144. The van der Waals surface area contributed by atoms with Crippen LogP contribution in [0.25, 0.3) is 0 Å². The first-order chi connectivity index (χ1) is 5.20. The molecule has 0 aromatic carbocycles. The van der Waals surface area contributed by atoms with Crippen molar-refractivity contribution in [1.82, 2.24) is 4.90 Å². The van der Waals surface area contributed by atoms with Crippen LogP contribution in [0.1, 0.15) is 19.8 Å². The SMILES string of the molecule is CC(=O)/C=C/[C@H]1CCCN1C. The van der Waals surface area contributed by atoms with Gasteiger partial charge in [-0.05, 0) is 39.4 Å². The van der Waals surface area contributed by atoms with Crippen LogP contribution in [0.15, 0.2) is 12.2 Å². The number of likely N-dealkylation sites (N-methyl/N-ethyl adjacent to an activating group) is 1. The summed E-state index contributed by atoms with van der Waals surface area (Å²) in [6.45, 7) is 2.75. The van der Waals surface area contributed by atoms with Crippen LogP contribution in [0.5, 0.6) is 0 Å². The van der Waals surface area contributed by atoms with E-state index in [0.29, 0.717) is 6.04 Å². The van der Waals surface area contributed by atoms with Gasteiger partial charge >= 0.3 is 0 Å². The van der Waals surface area contributed by atoms with Gasteiger partial charge in [-0.25, -0.2) is 0 Å². The molecule has 0 spiro atoms. The first-order valence-corrected chi connectivity index (χ1v) is 4.09. The van der Waals surface area contributed by atoms with Gasteiger partial charge in [-0.1, -0.05) is 6.08 Å². The minimum atomic E-state index is 0.144. The number of likely N-dealkylation sites (tertiary alicyclic amines) is 1. The fraction of sp³-hybridized carbons (Fsp3) is 0.667. The van der Waals surface area contributed by atoms with Gasteiger partial charge in [-0.3, -0.25) is 9.69 Å². The zero-order chi connectivity index (χ0) is 8.27. The van der Waals surface area contributed by atoms with E-state index in [2.05, 4.69) is 11.9 Å². The number of rotatable bonds is 2. The minimum Gasteiger partial charge on any atom is -0.300 e. The molecule has 11 heavy (non-hydrogen) atoms. The van der Waals surface area contributed by atoms with Crippen LogP contribution >= 0.6 is 0 Å². The van der Waals surface area contributed by atoms with Crippen LogP contribution in [0.3, 0.4) is 0 Å². The molecule has 1 aliphatic heterocycles. The molecular formula is C9H15NO. The summed E-state index contributed by atoms with van der Waals surface area (Å²) in [5, 5.41) is 0. The number of hydrogen-bond donors (Lipinski definition) is 0. The second-order valence-corrected chi connectivity index (χ2v) is 3.16. The lowest BCUT2D eigenvalue weighted by Crippen LogP contribution is -2.22. The van der Waals surface area contributed by atoms with Crippen molar-refractivity contribution in [3.8, 4) is 0 Å². The molecule has 0 N–H and O–H groups in total. The van der Waals surface area contributed by atoms with Gasteiger partial charge in [-0.15, -0.1) is 0 Å². The molecule has 0 unspecified atom stereocenters. The molecule has 0 aromatic heterocycles. The van der Waals surface area contributed by atoms with Crippen molar-refractivity contribution in [3.05, 3.63) is 12.2 Å². The van der Waals surface area contributed by atoms with Crippen LogP contribution in [-0.2, 0) is 4.79 Å². The highest BCUT2D eigenvalue weighted by atomic mass is 16.1. The molecule has 0 aromatic rings. The summed E-state index contributed by atoms with van der Waals surface area (Å²) < 4.78 is 0. The van der Waals surface area contributed by atoms with E-state index in [1.807, 2.05) is 6.08 Å². The van der Waals surface area contributed by atoms with Crippen molar-refractivity contribution < 1.29 is 4.79 Å². The molecule has 1 saturated heterocycles. The first-order valence-electron chi connectivity index (χ1n) is 4.09. The molecule has 2 nitrogen and oxygen atoms in total. The highest BCUT2D eigenvalue weighted by Gasteiger charge is 2.17. The average Bonchev–Trinajstić information content (AvgIpc) is 2.31. The summed E-state index contributed by atoms with van der Waals surface area (Å²) in [7, 11) is 2.10. The van der Waals surface area contributed by atoms with Gasteiger partial charge in [0, 0.05) is 6.04 Å². The van der Waals surface area contributed by atoms with Gasteiger partial charge in [0.25, 0.3) is 0 Å². The third kappa shape index (κ3) is 2.46. The van der Waals surface area contributed by atoms with E-state index >= 15 is 0 Å². The van der Waals surface area contributed by atoms with E-state index in [0.717, 1.165) is 6.54 Å². The minimum absolute atomic E-state index is 0.144. The van der Waals surface area contributed by atoms with E-state index < -0.39 is 0 Å². The Morgan fingerprint density at radius 2 is 2.36 bits per heavy atom. The van der Waals surface area contributed by atoms with Crippen molar-refractivity contribution in [2.75, 3.05) is 13.6 Å². The zero-order valence-corrected chi connectivity index (χ0v) is 7.21. The predicted molar refractivity (Wildman–Crippen MR) is 45.5 cm³/mol. The van der Waals surface area contributed by atoms with Gasteiger partial charge in [0.05, 0.1) is 0 Å². The Labute approximate surface area is 67.9 Å². The highest BCUT2D eigenvalue weighted by molar-refractivity contribution is 5.87. The lowest BCUT2D eigenvalue weighted by atomic mass is 10.2. The molecule has 0 amide bonds. The predicted octanol–water partition coefficient (Wildman–Crippen LogP) is 1.23. The maximum atomic E-state index is 10.6. The summed E-state index contributed by atoms with van der Waals surface area (Å²) in [5.41, 5.74) is 0. The molecule has 1 aliphatic rings. The second kappa shape index (κ2) is 3.67. The maximum Gasteiger partial charge on any atom is 0.152 e. The molecule has 0 aliphatic carbocycles. The average molecular weight is 153 g/mol. The molecule has 0 radical (unpaired) electrons. The first kappa shape index (κ1) is 8.47. The summed E-state index contributed by atoms with van der Waals surface area (Å²) >= 11 is 0. The number of carbonyl (C=O) groups is 1. The number of nitrogens with zero attached hydrogens (tertiary/aromatic N) is 1. The van der Waals surface area contributed by atoms with Gasteiger partial charge in [0.2, 0.25) is 0 Å². The van der Waals surface area contributed by atoms with Gasteiger partial charge in [0.1, 0.15) is 0 Å². The van der Waals surface area contributed by atoms with Crippen LogP contribution < -0.4 is 0 Å². The Morgan fingerprint density at radius 3 is 2.82 bits per heavy atom. The molecule has 1 heterocycles. The van der Waals surface area contributed by atoms with Crippen molar-refractivity contribution in [1.29, 1.82) is 0 Å². The molecular weight excluding hydrogens is 138 g/mol. The summed E-state index contributed by atoms with van der Waals surface area (Å²) in [6.07, 6.45) is 6.13. The van der Waals surface area contributed by atoms with Crippen molar-refractivity contribution in [2.24, 2.45) is 0 Å². The number of allylic oxidation sites excluding steroid dienone is 1. The topological polar surface area (TPSA) is 20.3 Å². The third-order valence-electron chi connectivity index (χ3n) is 2.13. The van der Waals surface area contributed by atoms with Gasteiger partial charge in [0.15, 0.2) is 5.78 Å². The van der Waals surface area contributed by atoms with Crippen LogP contribution in [0.4, 0.5) is 0 Å². The van der Waals surface area contributed by atoms with Crippen LogP contribution in [0.2, 0.25) is 0 Å². The molecule has 1 atom stereocenters. The lowest BCUT2D eigenvalue weighted by Gasteiger charge is -2.14. The molecule has 1 rings (SSSR count). The Morgan fingerprint density at radius 1 is 1.64 bits per heavy atom. The van der Waals surface area contributed by atoms with Crippen molar-refractivity contribution >= 4 is 5.78 Å². The van der Waals surface area contributed by atoms with E-state index in [1.165, 1.54) is 12.8 Å². The molecule has 0 bridgehead atoms. The third-order valence-corrected chi connectivity index (χ3v) is 2.13. The number of hydrogen-bond acceptors (Lipinski definition) is 2.